The average molecular weight is 556 g/mol. The van der Waals surface area contributed by atoms with E-state index in [4.69, 9.17) is 0 Å². The maximum absolute atomic E-state index is 14.0. The van der Waals surface area contributed by atoms with Gasteiger partial charge in [-0.1, -0.05) is 120 Å². The molecule has 2 nitrogen and oxygen atoms in total. The van der Waals surface area contributed by atoms with Gasteiger partial charge in [0.2, 0.25) is 0 Å². The summed E-state index contributed by atoms with van der Waals surface area (Å²) in [5, 5.41) is 1.71. The molecule has 0 heterocycles. The van der Waals surface area contributed by atoms with Crippen molar-refractivity contribution in [3.8, 4) is 0 Å². The first kappa shape index (κ1) is 31.5. The molecule has 1 aliphatic carbocycles. The highest BCUT2D eigenvalue weighted by Gasteiger charge is 2.41. The van der Waals surface area contributed by atoms with E-state index in [1.54, 1.807) is 0 Å². The van der Waals surface area contributed by atoms with Gasteiger partial charge < -0.3 is 0 Å². The summed E-state index contributed by atoms with van der Waals surface area (Å²) in [6, 6.07) is 16.1. The lowest BCUT2D eigenvalue weighted by Crippen LogP contribution is -2.41. The Kier molecular flexibility index (Phi) is 8.64. The molecule has 0 spiro atoms. The predicted octanol–water partition coefficient (Wildman–Crippen LogP) is 9.22. The van der Waals surface area contributed by atoms with Gasteiger partial charge in [-0.25, -0.2) is 8.51 Å². The molecule has 0 radical (unpaired) electrons. The van der Waals surface area contributed by atoms with Crippen molar-refractivity contribution in [2.45, 2.75) is 135 Å². The third-order valence-corrected chi connectivity index (χ3v) is 13.5. The fraction of sp³-hybridized carbons (Fsp3) is 0.647. The largest absolute Gasteiger partial charge is 0.242 e. The van der Waals surface area contributed by atoms with Crippen molar-refractivity contribution in [2.75, 3.05) is 7.05 Å². The van der Waals surface area contributed by atoms with Crippen LogP contribution < -0.4 is 5.30 Å². The van der Waals surface area contributed by atoms with Crippen LogP contribution in [0, 0.1) is 0 Å². The lowest BCUT2D eigenvalue weighted by molar-refractivity contribution is 0.330. The van der Waals surface area contributed by atoms with Gasteiger partial charge in [-0.15, -0.1) is 0 Å². The highest BCUT2D eigenvalue weighted by Crippen LogP contribution is 2.59. The molecular weight excluding hydrogens is 501 g/mol. The molecule has 0 saturated heterocycles. The van der Waals surface area contributed by atoms with E-state index < -0.39 is 18.9 Å². The van der Waals surface area contributed by atoms with Gasteiger partial charge in [-0.05, 0) is 82.3 Å². The molecular formula is C34H54NOPS. The summed E-state index contributed by atoms with van der Waals surface area (Å²) in [4.78, 5) is 0. The molecule has 1 aliphatic rings. The predicted molar refractivity (Wildman–Crippen MR) is 172 cm³/mol. The summed E-state index contributed by atoms with van der Waals surface area (Å²) >= 11 is 0. The minimum atomic E-state index is -1.17. The van der Waals surface area contributed by atoms with Gasteiger partial charge >= 0.3 is 0 Å². The Morgan fingerprint density at radius 3 is 1.79 bits per heavy atom. The smallest absolute Gasteiger partial charge is 0.100 e. The minimum absolute atomic E-state index is 0.0907. The van der Waals surface area contributed by atoms with E-state index in [9.17, 15) is 4.21 Å². The van der Waals surface area contributed by atoms with E-state index in [2.05, 4.69) is 144 Å². The maximum Gasteiger partial charge on any atom is 0.100 e. The van der Waals surface area contributed by atoms with Crippen LogP contribution in [0.5, 0.6) is 0 Å². The highest BCUT2D eigenvalue weighted by molar-refractivity contribution is 7.84. The third kappa shape index (κ3) is 6.31. The molecule has 0 amide bonds. The van der Waals surface area contributed by atoms with E-state index in [0.717, 1.165) is 0 Å². The lowest BCUT2D eigenvalue weighted by Gasteiger charge is -2.45. The monoisotopic (exact) mass is 555 g/mol. The molecule has 0 saturated carbocycles. The van der Waals surface area contributed by atoms with Crippen molar-refractivity contribution in [3.63, 3.8) is 0 Å². The Labute approximate surface area is 238 Å². The van der Waals surface area contributed by atoms with Crippen LogP contribution in [0.3, 0.4) is 0 Å². The zero-order chi connectivity index (χ0) is 29.1. The van der Waals surface area contributed by atoms with Crippen molar-refractivity contribution in [3.05, 3.63) is 64.7 Å². The minimum Gasteiger partial charge on any atom is -0.242 e. The normalized spacial score (nSPS) is 19.4. The first-order valence-corrected chi connectivity index (χ1v) is 16.7. The first-order chi connectivity index (χ1) is 17.1. The average Bonchev–Trinajstić information content (AvgIpc) is 2.75. The number of hydrogen-bond acceptors (Lipinski definition) is 1. The van der Waals surface area contributed by atoms with Crippen molar-refractivity contribution >= 4 is 24.2 Å². The standard InChI is InChI=1S/C34H54NOPS/c1-30(2,3)37(31(4,5)6)28-18-16-15-17-25(28)29(35(14)38(36)32(7,8)9)24-19-20-26-27(23-24)34(12,13)22-21-33(26,10)11/h15-20,23,29H,21-22H2,1-14H3/t29-,38?/m1/s1. The van der Waals surface area contributed by atoms with Gasteiger partial charge in [-0.2, -0.15) is 0 Å². The molecule has 0 N–H and O–H groups in total. The van der Waals surface area contributed by atoms with Crippen LogP contribution in [-0.2, 0) is 21.8 Å². The third-order valence-electron chi connectivity index (χ3n) is 8.16. The molecule has 212 valence electrons. The Bertz CT molecular complexity index is 1160. The van der Waals surface area contributed by atoms with Crippen LogP contribution >= 0.6 is 7.92 Å². The summed E-state index contributed by atoms with van der Waals surface area (Å²) in [5.74, 6) is 0. The summed E-state index contributed by atoms with van der Waals surface area (Å²) in [5.41, 5.74) is 5.77. The van der Waals surface area contributed by atoms with Crippen LogP contribution in [0.2, 0.25) is 0 Å². The second-order valence-corrected chi connectivity index (χ2v) is 21.8. The first-order valence-electron chi connectivity index (χ1n) is 14.3. The maximum atomic E-state index is 14.0. The van der Waals surface area contributed by atoms with Crippen LogP contribution in [0.4, 0.5) is 0 Å². The summed E-state index contributed by atoms with van der Waals surface area (Å²) in [7, 11) is 0.368. The van der Waals surface area contributed by atoms with Crippen LogP contribution in [0.15, 0.2) is 42.5 Å². The second-order valence-electron chi connectivity index (χ2n) is 15.6. The zero-order valence-electron chi connectivity index (χ0n) is 26.7. The molecule has 3 rings (SSSR count). The van der Waals surface area contributed by atoms with Crippen LogP contribution in [-0.4, -0.2) is 30.6 Å². The second kappa shape index (κ2) is 10.4. The van der Waals surface area contributed by atoms with Crippen LogP contribution in [0.1, 0.15) is 131 Å². The molecule has 2 atom stereocenters. The van der Waals surface area contributed by atoms with E-state index in [-0.39, 0.29) is 31.9 Å². The molecule has 1 unspecified atom stereocenters. The van der Waals surface area contributed by atoms with Gasteiger partial charge in [0.05, 0.1) is 10.8 Å². The number of hydrogen-bond donors (Lipinski definition) is 0. The van der Waals surface area contributed by atoms with Gasteiger partial charge in [0.1, 0.15) is 11.0 Å². The topological polar surface area (TPSA) is 20.3 Å². The number of benzene rings is 2. The van der Waals surface area contributed by atoms with Gasteiger partial charge in [0, 0.05) is 7.05 Å². The quantitative estimate of drug-likeness (QED) is 0.337. The fourth-order valence-electron chi connectivity index (χ4n) is 6.54. The van der Waals surface area contributed by atoms with Crippen molar-refractivity contribution in [1.29, 1.82) is 0 Å². The molecule has 0 aliphatic heterocycles. The summed E-state index contributed by atoms with van der Waals surface area (Å²) in [6.07, 6.45) is 2.38. The Morgan fingerprint density at radius 2 is 1.29 bits per heavy atom. The molecule has 38 heavy (non-hydrogen) atoms. The molecule has 4 heteroatoms. The van der Waals surface area contributed by atoms with Crippen LogP contribution in [0.25, 0.3) is 0 Å². The Hall–Kier alpha value is -1.02. The van der Waals surface area contributed by atoms with Crippen molar-refractivity contribution < 1.29 is 4.21 Å². The molecule has 0 aromatic heterocycles. The van der Waals surface area contributed by atoms with Crippen molar-refractivity contribution in [2.24, 2.45) is 0 Å². The van der Waals surface area contributed by atoms with Gasteiger partial charge in [-0.3, -0.25) is 0 Å². The van der Waals surface area contributed by atoms with Gasteiger partial charge in [0.25, 0.3) is 0 Å². The molecule has 2 aromatic rings. The highest BCUT2D eigenvalue weighted by atomic mass is 32.2. The van der Waals surface area contributed by atoms with E-state index in [1.165, 1.54) is 40.4 Å². The zero-order valence-corrected chi connectivity index (χ0v) is 28.5. The number of nitrogens with zero attached hydrogens (tertiary/aromatic N) is 1. The Balaban J connectivity index is 2.35. The number of fused-ring (bicyclic) bond motifs is 1. The molecule has 0 bridgehead atoms. The fourth-order valence-corrected chi connectivity index (χ4v) is 12.0. The Morgan fingerprint density at radius 1 is 0.789 bits per heavy atom. The molecule has 2 aromatic carbocycles. The summed E-state index contributed by atoms with van der Waals surface area (Å²) < 4.78 is 15.8. The van der Waals surface area contributed by atoms with Gasteiger partial charge in [0.15, 0.2) is 0 Å². The van der Waals surface area contributed by atoms with E-state index >= 15 is 0 Å². The number of rotatable bonds is 5. The van der Waals surface area contributed by atoms with E-state index in [0.29, 0.717) is 0 Å². The van der Waals surface area contributed by atoms with Crippen molar-refractivity contribution in [1.82, 2.24) is 4.31 Å². The lowest BCUT2D eigenvalue weighted by atomic mass is 9.63. The SMILES string of the molecule is CN([C@H](c1ccc2c(c1)C(C)(C)CCC2(C)C)c1ccccc1P(C(C)(C)C)C(C)(C)C)S(=O)C(C)(C)C. The van der Waals surface area contributed by atoms with E-state index in [1.807, 2.05) is 0 Å². The summed E-state index contributed by atoms with van der Waals surface area (Å²) in [6.45, 7) is 30.1. The molecule has 0 fully saturated rings.